The molecule has 53 heavy (non-hydrogen) atoms. The van der Waals surface area contributed by atoms with Gasteiger partial charge in [-0.05, 0) is 35.4 Å². The lowest BCUT2D eigenvalue weighted by Crippen LogP contribution is -2.63. The summed E-state index contributed by atoms with van der Waals surface area (Å²) >= 11 is 0. The van der Waals surface area contributed by atoms with Gasteiger partial charge in [-0.15, -0.1) is 0 Å². The number of aliphatic hydroxyl groups is 6. The highest BCUT2D eigenvalue weighted by molar-refractivity contribution is 6.02. The molecule has 0 radical (unpaired) electrons. The molecule has 19 heteroatoms. The van der Waals surface area contributed by atoms with E-state index in [1.54, 1.807) is 0 Å². The number of aromatic hydroxyl groups is 2. The smallest absolute Gasteiger partial charge is 0.335 e. The highest BCUT2D eigenvalue weighted by Gasteiger charge is 2.62. The number of methoxy groups -OCH3 is 4. The highest BCUT2D eigenvalue weighted by atomic mass is 16.8. The molecule has 2 aromatic carbocycles. The maximum Gasteiger partial charge on any atom is 0.335 e. The number of hydrogen-bond acceptors (Lipinski definition) is 19. The predicted molar refractivity (Wildman–Crippen MR) is 172 cm³/mol. The number of fused-ring (bicyclic) bond motifs is 5. The predicted octanol–water partition coefficient (Wildman–Crippen LogP) is -1.99. The number of esters is 2. The second kappa shape index (κ2) is 14.8. The molecule has 3 fully saturated rings. The van der Waals surface area contributed by atoms with Crippen molar-refractivity contribution in [1.82, 2.24) is 0 Å². The number of phenols is 2. The minimum absolute atomic E-state index is 0.0928. The highest BCUT2D eigenvalue weighted by Crippen LogP contribution is 2.55. The molecule has 4 aliphatic rings. The fraction of sp³-hybridized carbons (Fsp3) is 0.529. The van der Waals surface area contributed by atoms with Crippen LogP contribution in [-0.2, 0) is 33.3 Å². The van der Waals surface area contributed by atoms with Crippen molar-refractivity contribution >= 4 is 18.0 Å². The van der Waals surface area contributed by atoms with Crippen LogP contribution in [0.15, 0.2) is 23.8 Å². The molecule has 290 valence electrons. The molecule has 3 aliphatic heterocycles. The second-order valence-electron chi connectivity index (χ2n) is 12.7. The van der Waals surface area contributed by atoms with E-state index in [2.05, 4.69) is 0 Å². The average Bonchev–Trinajstić information content (AvgIpc) is 3.42. The van der Waals surface area contributed by atoms with Gasteiger partial charge in [-0.1, -0.05) is 0 Å². The summed E-state index contributed by atoms with van der Waals surface area (Å²) in [4.78, 5) is 28.9. The van der Waals surface area contributed by atoms with Crippen LogP contribution in [0.5, 0.6) is 34.5 Å². The number of rotatable bonds is 7. The number of carbonyl (C=O) groups is 2. The standard InChI is InChI=1S/C34H40O19/c1-45-15-7-13(8-16(46-2)23(15)37)20-21-12(6-17(47-3)25(39)29(21)48-4)5-14-22(20)32(44)49-10-19-24(38)27(41)28(42)33(50-19)53-34(11-36)30(51-31(14)43)26(40)18(9-35)52-34/h5-8,18-20,22,24,26-28,30,33,35-42H,9-11H2,1-4H3/t18-,19+,20-,22-,24+,26-,27-,28-,30-,33+,34-/m0/s1. The maximum atomic E-state index is 14.5. The number of carbonyl (C=O) groups excluding carboxylic acids is 2. The first-order chi connectivity index (χ1) is 25.3. The van der Waals surface area contributed by atoms with E-state index in [4.69, 9.17) is 42.6 Å². The Morgan fingerprint density at radius 3 is 2.02 bits per heavy atom. The lowest BCUT2D eigenvalue weighted by molar-refractivity contribution is -0.383. The van der Waals surface area contributed by atoms with Gasteiger partial charge >= 0.3 is 11.9 Å². The van der Waals surface area contributed by atoms with Gasteiger partial charge in [0.25, 0.3) is 0 Å². The fourth-order valence-electron chi connectivity index (χ4n) is 7.16. The summed E-state index contributed by atoms with van der Waals surface area (Å²) in [6, 6.07) is 4.04. The zero-order valence-electron chi connectivity index (χ0n) is 28.8. The van der Waals surface area contributed by atoms with E-state index in [0.717, 1.165) is 0 Å². The molecule has 2 aromatic rings. The van der Waals surface area contributed by atoms with Gasteiger partial charge in [0.05, 0.1) is 40.6 Å². The Bertz CT molecular complexity index is 1740. The van der Waals surface area contributed by atoms with Crippen molar-refractivity contribution < 1.29 is 93.1 Å². The van der Waals surface area contributed by atoms with Crippen LogP contribution in [0.3, 0.4) is 0 Å². The van der Waals surface area contributed by atoms with Crippen LogP contribution in [0, 0.1) is 5.92 Å². The van der Waals surface area contributed by atoms with Crippen molar-refractivity contribution in [3.05, 3.63) is 40.5 Å². The normalized spacial score (nSPS) is 34.0. The Kier molecular flexibility index (Phi) is 10.7. The van der Waals surface area contributed by atoms with Crippen LogP contribution in [-0.4, -0.2) is 156 Å². The first-order valence-corrected chi connectivity index (χ1v) is 16.3. The molecule has 19 nitrogen and oxygen atoms in total. The van der Waals surface area contributed by atoms with Gasteiger partial charge in [-0.2, -0.15) is 0 Å². The molecular formula is C34H40O19. The zero-order chi connectivity index (χ0) is 38.5. The van der Waals surface area contributed by atoms with Crippen molar-refractivity contribution in [2.24, 2.45) is 5.92 Å². The Labute approximate surface area is 301 Å². The van der Waals surface area contributed by atoms with Gasteiger partial charge in [0.15, 0.2) is 35.4 Å². The Morgan fingerprint density at radius 2 is 1.43 bits per heavy atom. The van der Waals surface area contributed by atoms with Gasteiger partial charge in [-0.25, -0.2) is 4.79 Å². The zero-order valence-corrected chi connectivity index (χ0v) is 28.8. The Morgan fingerprint density at radius 1 is 0.792 bits per heavy atom. The first kappa shape index (κ1) is 38.3. The van der Waals surface area contributed by atoms with Gasteiger partial charge in [0, 0.05) is 11.5 Å². The largest absolute Gasteiger partial charge is 0.502 e. The van der Waals surface area contributed by atoms with Crippen molar-refractivity contribution in [3.8, 4) is 34.5 Å². The third kappa shape index (κ3) is 6.26. The van der Waals surface area contributed by atoms with Gasteiger partial charge in [0.1, 0.15) is 55.8 Å². The average molecular weight is 753 g/mol. The van der Waals surface area contributed by atoms with Crippen LogP contribution in [0.25, 0.3) is 6.08 Å². The minimum Gasteiger partial charge on any atom is -0.502 e. The van der Waals surface area contributed by atoms with Crippen molar-refractivity contribution in [3.63, 3.8) is 0 Å². The number of phenolic OH excluding ortho intramolecular Hbond substituents is 2. The number of cyclic esters (lactones) is 1. The summed E-state index contributed by atoms with van der Waals surface area (Å²) in [6.07, 6.45) is -13.5. The van der Waals surface area contributed by atoms with Gasteiger partial charge < -0.3 is 83.5 Å². The Balaban J connectivity index is 1.62. The summed E-state index contributed by atoms with van der Waals surface area (Å²) in [5.41, 5.74) is 0.00223. The second-order valence-corrected chi connectivity index (χ2v) is 12.7. The minimum atomic E-state index is -2.54. The summed E-state index contributed by atoms with van der Waals surface area (Å²) in [6.45, 7) is -2.83. The van der Waals surface area contributed by atoms with E-state index in [9.17, 15) is 50.4 Å². The molecule has 0 spiro atoms. The number of ether oxygens (including phenoxy) is 9. The molecule has 3 heterocycles. The van der Waals surface area contributed by atoms with Crippen molar-refractivity contribution in [2.75, 3.05) is 48.3 Å². The van der Waals surface area contributed by atoms with Crippen LogP contribution in [0.1, 0.15) is 22.6 Å². The topological polar surface area (TPSA) is 279 Å². The monoisotopic (exact) mass is 752 g/mol. The van der Waals surface area contributed by atoms with Crippen molar-refractivity contribution in [2.45, 2.75) is 60.7 Å². The molecule has 0 saturated carbocycles. The van der Waals surface area contributed by atoms with Gasteiger partial charge in [0.2, 0.25) is 17.3 Å². The van der Waals surface area contributed by atoms with E-state index < -0.39 is 115 Å². The molecule has 11 atom stereocenters. The molecule has 8 N–H and O–H groups in total. The molecule has 1 aliphatic carbocycles. The SMILES string of the molecule is COc1cc([C@H]2c3c(cc(OC)c(O)c3OC)C=C3C(=O)O[C@H]4[C@@H](O)[C@H](CO)O[C@@]4(CO)O[C@H]4O[C@H](COC(=O)[C@@H]32)[C@@H](O)[C@H](O)[C@@H]4O)cc(OC)c1O. The molecular weight excluding hydrogens is 712 g/mol. The first-order valence-electron chi connectivity index (χ1n) is 16.3. The van der Waals surface area contributed by atoms with E-state index in [0.29, 0.717) is 0 Å². The molecule has 3 saturated heterocycles. The van der Waals surface area contributed by atoms with Crippen LogP contribution >= 0.6 is 0 Å². The van der Waals surface area contributed by atoms with E-state index >= 15 is 0 Å². The number of aliphatic hydroxyl groups excluding tert-OH is 6. The molecule has 0 aromatic heterocycles. The Hall–Kier alpha value is -4.44. The maximum absolute atomic E-state index is 14.5. The van der Waals surface area contributed by atoms with E-state index in [1.807, 2.05) is 0 Å². The summed E-state index contributed by atoms with van der Waals surface area (Å²) in [5.74, 6) is -9.46. The molecule has 0 amide bonds. The number of hydrogen-bond donors (Lipinski definition) is 8. The van der Waals surface area contributed by atoms with Crippen LogP contribution < -0.4 is 18.9 Å². The quantitative estimate of drug-likeness (QED) is 0.142. The summed E-state index contributed by atoms with van der Waals surface area (Å²) in [7, 11) is 5.04. The van der Waals surface area contributed by atoms with E-state index in [1.165, 1.54) is 52.7 Å². The van der Waals surface area contributed by atoms with Gasteiger partial charge in [-0.3, -0.25) is 4.79 Å². The third-order valence-electron chi connectivity index (χ3n) is 9.84. The van der Waals surface area contributed by atoms with Crippen molar-refractivity contribution in [1.29, 1.82) is 0 Å². The number of benzene rings is 2. The summed E-state index contributed by atoms with van der Waals surface area (Å²) in [5, 5.41) is 86.1. The lowest BCUT2D eigenvalue weighted by atomic mass is 9.70. The summed E-state index contributed by atoms with van der Waals surface area (Å²) < 4.78 is 50.3. The van der Waals surface area contributed by atoms with Crippen LogP contribution in [0.2, 0.25) is 0 Å². The third-order valence-corrected chi connectivity index (χ3v) is 9.84. The van der Waals surface area contributed by atoms with Crippen LogP contribution in [0.4, 0.5) is 0 Å². The molecule has 2 bridgehead atoms. The van der Waals surface area contributed by atoms with E-state index in [-0.39, 0.29) is 39.7 Å². The molecule has 0 unspecified atom stereocenters. The molecule has 6 rings (SSSR count). The lowest BCUT2D eigenvalue weighted by Gasteiger charge is -2.43. The fourth-order valence-corrected chi connectivity index (χ4v) is 7.16.